The molecule has 0 bridgehead atoms. The van der Waals surface area contributed by atoms with Crippen LogP contribution in [0.3, 0.4) is 0 Å². The van der Waals surface area contributed by atoms with Crippen LogP contribution >= 0.6 is 0 Å². The topological polar surface area (TPSA) is 140 Å². The van der Waals surface area contributed by atoms with Gasteiger partial charge in [-0.3, -0.25) is 9.59 Å². The summed E-state index contributed by atoms with van der Waals surface area (Å²) in [6.07, 6.45) is -0.430. The second kappa shape index (κ2) is 10.8. The number of benzene rings is 2. The van der Waals surface area contributed by atoms with E-state index in [-0.39, 0.29) is 43.3 Å². The first-order valence-corrected chi connectivity index (χ1v) is 11.0. The Balaban J connectivity index is 1.31. The SMILES string of the molecule is COC(CNC(=O)c1conc1CNC(=O)OCC1c2ccccc2-c2ccccc21)CC(=O)O. The summed E-state index contributed by atoms with van der Waals surface area (Å²) in [7, 11) is 1.36. The molecule has 0 fully saturated rings. The zero-order valence-electron chi connectivity index (χ0n) is 19.0. The summed E-state index contributed by atoms with van der Waals surface area (Å²) >= 11 is 0. The van der Waals surface area contributed by atoms with Crippen molar-refractivity contribution < 1.29 is 33.5 Å². The minimum absolute atomic E-state index is 0.00788. The highest BCUT2D eigenvalue weighted by atomic mass is 16.5. The quantitative estimate of drug-likeness (QED) is 0.403. The average Bonchev–Trinajstić information content (AvgIpc) is 3.46. The molecule has 4 rings (SSSR count). The number of aromatic nitrogens is 1. The molecule has 0 aliphatic heterocycles. The lowest BCUT2D eigenvalue weighted by atomic mass is 9.98. The lowest BCUT2D eigenvalue weighted by Gasteiger charge is -2.15. The third kappa shape index (κ3) is 5.49. The molecule has 3 N–H and O–H groups in total. The number of fused-ring (bicyclic) bond motifs is 3. The van der Waals surface area contributed by atoms with E-state index < -0.39 is 24.1 Å². The highest BCUT2D eigenvalue weighted by Crippen LogP contribution is 2.44. The maximum Gasteiger partial charge on any atom is 0.407 e. The fourth-order valence-corrected chi connectivity index (χ4v) is 4.11. The first-order valence-electron chi connectivity index (χ1n) is 11.0. The Hall–Kier alpha value is -4.18. The number of nitrogens with one attached hydrogen (secondary N) is 2. The summed E-state index contributed by atoms with van der Waals surface area (Å²) in [5.41, 5.74) is 4.81. The van der Waals surface area contributed by atoms with E-state index in [1.807, 2.05) is 36.4 Å². The Morgan fingerprint density at radius 1 is 1.06 bits per heavy atom. The molecule has 10 heteroatoms. The molecule has 1 aromatic heterocycles. The van der Waals surface area contributed by atoms with Gasteiger partial charge < -0.3 is 29.7 Å². The van der Waals surface area contributed by atoms with Crippen molar-refractivity contribution >= 4 is 18.0 Å². The lowest BCUT2D eigenvalue weighted by Crippen LogP contribution is -2.35. The van der Waals surface area contributed by atoms with Crippen LogP contribution in [-0.4, -0.2) is 54.6 Å². The van der Waals surface area contributed by atoms with Gasteiger partial charge in [0.05, 0.1) is 19.1 Å². The van der Waals surface area contributed by atoms with Crippen LogP contribution in [0.15, 0.2) is 59.3 Å². The first kappa shape index (κ1) is 24.0. The molecule has 1 aliphatic rings. The Bertz CT molecular complexity index is 1180. The second-order valence-electron chi connectivity index (χ2n) is 8.02. The van der Waals surface area contributed by atoms with Crippen LogP contribution in [0, 0.1) is 0 Å². The third-order valence-corrected chi connectivity index (χ3v) is 5.86. The Labute approximate surface area is 201 Å². The van der Waals surface area contributed by atoms with E-state index in [9.17, 15) is 14.4 Å². The van der Waals surface area contributed by atoms with Gasteiger partial charge in [0.1, 0.15) is 24.1 Å². The first-order chi connectivity index (χ1) is 17.0. The molecule has 0 saturated heterocycles. The molecule has 3 aromatic rings. The van der Waals surface area contributed by atoms with Crippen molar-refractivity contribution in [2.75, 3.05) is 20.3 Å². The summed E-state index contributed by atoms with van der Waals surface area (Å²) in [6, 6.07) is 16.1. The van der Waals surface area contributed by atoms with E-state index in [2.05, 4.69) is 27.9 Å². The van der Waals surface area contributed by atoms with Gasteiger partial charge in [-0.05, 0) is 22.3 Å². The predicted molar refractivity (Wildman–Crippen MR) is 124 cm³/mol. The lowest BCUT2D eigenvalue weighted by molar-refractivity contribution is -0.139. The molecule has 1 unspecified atom stereocenters. The van der Waals surface area contributed by atoms with E-state index in [1.54, 1.807) is 0 Å². The van der Waals surface area contributed by atoms with Gasteiger partial charge in [-0.25, -0.2) is 4.79 Å². The Morgan fingerprint density at radius 2 is 1.71 bits per heavy atom. The van der Waals surface area contributed by atoms with Crippen molar-refractivity contribution in [3.63, 3.8) is 0 Å². The standard InChI is InChI=1S/C25H25N3O7/c1-33-15(10-23(29)30)11-26-24(31)21-14-35-28-22(21)12-27-25(32)34-13-20-18-8-4-2-6-16(18)17-7-3-5-9-19(17)20/h2-9,14-15,20H,10-13H2,1H3,(H,26,31)(H,27,32)(H,29,30). The molecule has 0 radical (unpaired) electrons. The van der Waals surface area contributed by atoms with Crippen molar-refractivity contribution in [1.29, 1.82) is 0 Å². The summed E-state index contributed by atoms with van der Waals surface area (Å²) < 4.78 is 15.4. The zero-order chi connectivity index (χ0) is 24.8. The number of hydrogen-bond acceptors (Lipinski definition) is 7. The average molecular weight is 479 g/mol. The maximum atomic E-state index is 12.5. The number of hydrogen-bond donors (Lipinski definition) is 3. The fourth-order valence-electron chi connectivity index (χ4n) is 4.11. The molecule has 1 aliphatic carbocycles. The van der Waals surface area contributed by atoms with Crippen molar-refractivity contribution in [2.45, 2.75) is 25.0 Å². The summed E-state index contributed by atoms with van der Waals surface area (Å²) in [5, 5.41) is 17.8. The molecular formula is C25H25N3O7. The number of nitrogens with zero attached hydrogens (tertiary/aromatic N) is 1. The number of rotatable bonds is 10. The van der Waals surface area contributed by atoms with Crippen LogP contribution < -0.4 is 10.6 Å². The van der Waals surface area contributed by atoms with Crippen molar-refractivity contribution in [2.24, 2.45) is 0 Å². The predicted octanol–water partition coefficient (Wildman–Crippen LogP) is 2.93. The molecule has 2 amide bonds. The zero-order valence-corrected chi connectivity index (χ0v) is 19.0. The summed E-state index contributed by atoms with van der Waals surface area (Å²) in [5.74, 6) is -1.63. The number of carbonyl (C=O) groups excluding carboxylic acids is 2. The van der Waals surface area contributed by atoms with Crippen molar-refractivity contribution in [1.82, 2.24) is 15.8 Å². The minimum atomic E-state index is -1.04. The number of methoxy groups -OCH3 is 1. The monoisotopic (exact) mass is 479 g/mol. The van der Waals surface area contributed by atoms with Crippen LogP contribution in [0.5, 0.6) is 0 Å². The number of aliphatic carboxylic acids is 1. The molecule has 0 saturated carbocycles. The fraction of sp³-hybridized carbons (Fsp3) is 0.280. The molecule has 1 heterocycles. The maximum absolute atomic E-state index is 12.5. The van der Waals surface area contributed by atoms with Crippen LogP contribution in [0.2, 0.25) is 0 Å². The van der Waals surface area contributed by atoms with Gasteiger partial charge in [-0.15, -0.1) is 0 Å². The number of alkyl carbamates (subject to hydrolysis) is 1. The molecule has 2 aromatic carbocycles. The molecule has 182 valence electrons. The third-order valence-electron chi connectivity index (χ3n) is 5.86. The molecular weight excluding hydrogens is 454 g/mol. The van der Waals surface area contributed by atoms with Gasteiger partial charge in [0.25, 0.3) is 5.91 Å². The Kier molecular flexibility index (Phi) is 7.41. The number of carboxylic acid groups (broad SMARTS) is 1. The molecule has 10 nitrogen and oxygen atoms in total. The van der Waals surface area contributed by atoms with Gasteiger partial charge in [-0.1, -0.05) is 53.7 Å². The van der Waals surface area contributed by atoms with E-state index in [0.717, 1.165) is 28.5 Å². The van der Waals surface area contributed by atoms with Gasteiger partial charge in [0.15, 0.2) is 0 Å². The van der Waals surface area contributed by atoms with E-state index in [1.165, 1.54) is 7.11 Å². The molecule has 0 spiro atoms. The highest BCUT2D eigenvalue weighted by Gasteiger charge is 2.29. The van der Waals surface area contributed by atoms with Crippen LogP contribution in [0.4, 0.5) is 4.79 Å². The van der Waals surface area contributed by atoms with Gasteiger partial charge in [0.2, 0.25) is 0 Å². The van der Waals surface area contributed by atoms with Gasteiger partial charge in [-0.2, -0.15) is 0 Å². The largest absolute Gasteiger partial charge is 0.481 e. The van der Waals surface area contributed by atoms with Gasteiger partial charge in [0, 0.05) is 19.6 Å². The van der Waals surface area contributed by atoms with Crippen LogP contribution in [0.25, 0.3) is 11.1 Å². The van der Waals surface area contributed by atoms with Gasteiger partial charge >= 0.3 is 12.1 Å². The van der Waals surface area contributed by atoms with Crippen LogP contribution in [0.1, 0.15) is 39.5 Å². The number of amides is 2. The van der Waals surface area contributed by atoms with E-state index >= 15 is 0 Å². The van der Waals surface area contributed by atoms with E-state index in [0.29, 0.717) is 0 Å². The molecule has 1 atom stereocenters. The number of ether oxygens (including phenoxy) is 2. The number of carbonyl (C=O) groups is 3. The number of carboxylic acids is 1. The van der Waals surface area contributed by atoms with Crippen LogP contribution in [-0.2, 0) is 20.8 Å². The van der Waals surface area contributed by atoms with Crippen molar-refractivity contribution in [3.8, 4) is 11.1 Å². The van der Waals surface area contributed by atoms with Crippen molar-refractivity contribution in [3.05, 3.63) is 77.2 Å². The summed E-state index contributed by atoms with van der Waals surface area (Å²) in [4.78, 5) is 35.7. The van der Waals surface area contributed by atoms with E-state index in [4.69, 9.17) is 19.1 Å². The normalized spacial score (nSPS) is 12.9. The summed E-state index contributed by atoms with van der Waals surface area (Å²) in [6.45, 7) is 0.0683. The smallest absolute Gasteiger partial charge is 0.407 e. The minimum Gasteiger partial charge on any atom is -0.481 e. The Morgan fingerprint density at radius 3 is 2.34 bits per heavy atom. The second-order valence-corrected chi connectivity index (χ2v) is 8.02. The molecule has 35 heavy (non-hydrogen) atoms. The highest BCUT2D eigenvalue weighted by molar-refractivity contribution is 5.95.